The van der Waals surface area contributed by atoms with Crippen LogP contribution < -0.4 is 4.90 Å². The molecule has 6 heterocycles. The lowest BCUT2D eigenvalue weighted by Gasteiger charge is -2.26. The summed E-state index contributed by atoms with van der Waals surface area (Å²) in [7, 11) is 0. The maximum atomic E-state index is 2.47. The number of para-hydroxylation sites is 3. The Morgan fingerprint density at radius 3 is 0.803 bits per heavy atom. The Bertz CT molecular complexity index is 4520. The fourth-order valence-electron chi connectivity index (χ4n) is 13.8. The molecule has 3 aromatic heterocycles. The first-order valence-electron chi connectivity index (χ1n) is 26.3. The molecule has 350 valence electrons. The molecular weight excluding hydrogens is 921 g/mol. The maximum absolute atomic E-state index is 2.47. The lowest BCUT2D eigenvalue weighted by molar-refractivity contribution is 1.19. The number of fused-ring (bicyclic) bond motifs is 18. The van der Waals surface area contributed by atoms with E-state index in [0.29, 0.717) is 0 Å². The Labute approximate surface area is 437 Å². The molecule has 0 fully saturated rings. The minimum absolute atomic E-state index is 1.08. The van der Waals surface area contributed by atoms with Crippen molar-refractivity contribution in [3.8, 4) is 83.8 Å². The Kier molecular flexibility index (Phi) is 7.83. The zero-order valence-corrected chi connectivity index (χ0v) is 41.0. The van der Waals surface area contributed by atoms with E-state index < -0.39 is 0 Å². The van der Waals surface area contributed by atoms with E-state index in [0.717, 1.165) is 17.1 Å². The molecule has 12 aromatic carbocycles. The van der Waals surface area contributed by atoms with Gasteiger partial charge in [0.2, 0.25) is 0 Å². The monoisotopic (exact) mass is 962 g/mol. The second kappa shape index (κ2) is 14.8. The lowest BCUT2D eigenvalue weighted by atomic mass is 9.95. The topological polar surface area (TPSA) is 18.0 Å². The number of rotatable bonds is 6. The number of hydrogen-bond donors (Lipinski definition) is 0. The molecule has 0 atom stereocenters. The Morgan fingerprint density at radius 1 is 0.211 bits per heavy atom. The fourth-order valence-corrected chi connectivity index (χ4v) is 13.8. The summed E-state index contributed by atoms with van der Waals surface area (Å²) in [5.41, 5.74) is 29.0. The highest BCUT2D eigenvalue weighted by Gasteiger charge is 2.27. The summed E-state index contributed by atoms with van der Waals surface area (Å²) in [6.45, 7) is 0. The smallest absolute Gasteiger partial charge is 0.0547 e. The molecule has 3 aliphatic rings. The van der Waals surface area contributed by atoms with Gasteiger partial charge in [-0.15, -0.1) is 0 Å². The summed E-state index contributed by atoms with van der Waals surface area (Å²) in [6, 6.07) is 95.3. The van der Waals surface area contributed by atoms with Crippen LogP contribution in [0, 0.1) is 0 Å². The van der Waals surface area contributed by atoms with Crippen molar-refractivity contribution in [2.45, 2.75) is 0 Å². The normalized spacial score (nSPS) is 12.5. The van der Waals surface area contributed by atoms with Crippen molar-refractivity contribution in [2.75, 3.05) is 4.90 Å². The standard InChI is InChI=1S/C72H42N4/c1-4-16-61-58(10-1)70-55-13-7-19-64(70)74(61)67-40-46(55)28-37-52(67)43-22-31-49(32-23-43)73(50-33-24-44(25-34-50)53-38-29-47-41-68(53)75-62-17-5-2-11-59(62)71-56(47)14-8-20-65(71)75)51-35-26-45(27-36-51)54-39-30-48-42-69(54)76-63-18-6-3-12-60(63)72-57(48)15-9-21-66(72)76/h1-42H. The van der Waals surface area contributed by atoms with E-state index in [4.69, 9.17) is 0 Å². The van der Waals surface area contributed by atoms with E-state index in [1.54, 1.807) is 0 Å². The van der Waals surface area contributed by atoms with Crippen molar-refractivity contribution >= 4 is 82.5 Å². The van der Waals surface area contributed by atoms with Gasteiger partial charge in [0.1, 0.15) is 0 Å². The third-order valence-electron chi connectivity index (χ3n) is 17.1. The molecular formula is C72H42N4. The maximum Gasteiger partial charge on any atom is 0.0547 e. The number of anilines is 3. The zero-order valence-electron chi connectivity index (χ0n) is 41.0. The molecule has 0 aliphatic carbocycles. The number of hydrogen-bond acceptors (Lipinski definition) is 1. The minimum Gasteiger partial charge on any atom is -0.311 e. The van der Waals surface area contributed by atoms with Gasteiger partial charge in [-0.3, -0.25) is 0 Å². The van der Waals surface area contributed by atoms with Crippen molar-refractivity contribution < 1.29 is 0 Å². The number of nitrogens with zero attached hydrogens (tertiary/aromatic N) is 4. The average molecular weight is 963 g/mol. The Balaban J connectivity index is 0.770. The van der Waals surface area contributed by atoms with Gasteiger partial charge >= 0.3 is 0 Å². The van der Waals surface area contributed by atoms with Gasteiger partial charge < -0.3 is 18.6 Å². The third-order valence-corrected chi connectivity index (χ3v) is 17.1. The molecule has 0 radical (unpaired) electrons. The molecule has 0 N–H and O–H groups in total. The molecule has 3 aliphatic heterocycles. The molecule has 15 aromatic rings. The second-order valence-corrected chi connectivity index (χ2v) is 20.8. The zero-order chi connectivity index (χ0) is 49.3. The predicted molar refractivity (Wildman–Crippen MR) is 317 cm³/mol. The third kappa shape index (κ3) is 5.31. The fraction of sp³-hybridized carbons (Fsp3) is 0. The molecule has 0 saturated heterocycles. The van der Waals surface area contributed by atoms with Crippen LogP contribution in [0.15, 0.2) is 255 Å². The van der Waals surface area contributed by atoms with Crippen LogP contribution in [0.2, 0.25) is 0 Å². The van der Waals surface area contributed by atoms with Crippen LogP contribution in [0.5, 0.6) is 0 Å². The van der Waals surface area contributed by atoms with Crippen molar-refractivity contribution in [1.82, 2.24) is 13.7 Å². The first-order chi connectivity index (χ1) is 37.7. The van der Waals surface area contributed by atoms with Gasteiger partial charge in [0.05, 0.1) is 50.2 Å². The molecule has 18 bridgehead atoms. The quantitative estimate of drug-likeness (QED) is 0.162. The van der Waals surface area contributed by atoms with Crippen molar-refractivity contribution in [2.24, 2.45) is 0 Å². The largest absolute Gasteiger partial charge is 0.311 e. The highest BCUT2D eigenvalue weighted by molar-refractivity contribution is 6.20. The summed E-state index contributed by atoms with van der Waals surface area (Å²) in [4.78, 5) is 2.41. The molecule has 76 heavy (non-hydrogen) atoms. The summed E-state index contributed by atoms with van der Waals surface area (Å²) < 4.78 is 7.40. The molecule has 0 unspecified atom stereocenters. The van der Waals surface area contributed by atoms with E-state index in [1.165, 1.54) is 149 Å². The summed E-state index contributed by atoms with van der Waals surface area (Å²) in [6.07, 6.45) is 0. The summed E-state index contributed by atoms with van der Waals surface area (Å²) >= 11 is 0. The first kappa shape index (κ1) is 40.3. The van der Waals surface area contributed by atoms with E-state index in [-0.39, 0.29) is 0 Å². The predicted octanol–water partition coefficient (Wildman–Crippen LogP) is 19.4. The van der Waals surface area contributed by atoms with Crippen molar-refractivity contribution in [3.05, 3.63) is 255 Å². The van der Waals surface area contributed by atoms with Crippen LogP contribution in [-0.2, 0) is 0 Å². The Hall–Kier alpha value is -10.2. The van der Waals surface area contributed by atoms with E-state index in [1.807, 2.05) is 0 Å². The van der Waals surface area contributed by atoms with Gasteiger partial charge in [0, 0.05) is 66.1 Å². The first-order valence-corrected chi connectivity index (χ1v) is 26.3. The molecule has 0 saturated carbocycles. The van der Waals surface area contributed by atoms with Crippen molar-refractivity contribution in [3.63, 3.8) is 0 Å². The second-order valence-electron chi connectivity index (χ2n) is 20.8. The highest BCUT2D eigenvalue weighted by atomic mass is 15.1. The minimum atomic E-state index is 1.08. The SMILES string of the molecule is c1ccc2c(c1)c1c3cccc1n2-c1cc-3ccc1-c1ccc(N(c2ccc(-c3ccc4cc3-n3c5ccccc5c5c-4cccc53)cc2)c2ccc(-c3ccc4cc3-n3c5ccccc5c5c-4cccc53)cc2)cc1. The molecule has 18 rings (SSSR count). The summed E-state index contributed by atoms with van der Waals surface area (Å²) in [5.74, 6) is 0. The average Bonchev–Trinajstić information content (AvgIpc) is 4.13. The van der Waals surface area contributed by atoms with Gasteiger partial charge in [0.25, 0.3) is 0 Å². The molecule has 0 spiro atoms. The van der Waals surface area contributed by atoms with Gasteiger partial charge in [-0.05, 0) is 141 Å². The van der Waals surface area contributed by atoms with Gasteiger partial charge in [-0.1, -0.05) is 164 Å². The lowest BCUT2D eigenvalue weighted by Crippen LogP contribution is -2.10. The van der Waals surface area contributed by atoms with Crippen molar-refractivity contribution in [1.29, 1.82) is 0 Å². The van der Waals surface area contributed by atoms with E-state index in [2.05, 4.69) is 273 Å². The molecule has 4 heteroatoms. The van der Waals surface area contributed by atoms with Gasteiger partial charge in [0.15, 0.2) is 0 Å². The van der Waals surface area contributed by atoms with Gasteiger partial charge in [-0.25, -0.2) is 0 Å². The molecule has 4 nitrogen and oxygen atoms in total. The van der Waals surface area contributed by atoms with Crippen LogP contribution in [0.1, 0.15) is 0 Å². The number of benzene rings is 12. The number of aromatic nitrogens is 3. The van der Waals surface area contributed by atoms with Gasteiger partial charge in [-0.2, -0.15) is 0 Å². The Morgan fingerprint density at radius 2 is 0.487 bits per heavy atom. The van der Waals surface area contributed by atoms with Crippen LogP contribution in [0.4, 0.5) is 17.1 Å². The van der Waals surface area contributed by atoms with E-state index >= 15 is 0 Å². The molecule has 0 amide bonds. The van der Waals surface area contributed by atoms with E-state index in [9.17, 15) is 0 Å². The van der Waals surface area contributed by atoms with Crippen LogP contribution in [-0.4, -0.2) is 13.7 Å². The van der Waals surface area contributed by atoms with Crippen LogP contribution in [0.25, 0.3) is 149 Å². The van der Waals surface area contributed by atoms with Crippen LogP contribution >= 0.6 is 0 Å². The van der Waals surface area contributed by atoms with Crippen LogP contribution in [0.3, 0.4) is 0 Å². The highest BCUT2D eigenvalue weighted by Crippen LogP contribution is 2.49. The summed E-state index contributed by atoms with van der Waals surface area (Å²) in [5, 5.41) is 7.85.